The molecule has 1 unspecified atom stereocenters. The van der Waals surface area contributed by atoms with Gasteiger partial charge in [-0.15, -0.1) is 0 Å². The normalized spacial score (nSPS) is 33.3. The summed E-state index contributed by atoms with van der Waals surface area (Å²) in [5.41, 5.74) is 1.21. The summed E-state index contributed by atoms with van der Waals surface area (Å²) in [6, 6.07) is 7.96. The van der Waals surface area contributed by atoms with Crippen molar-refractivity contribution in [3.8, 4) is 5.75 Å². The highest BCUT2D eigenvalue weighted by molar-refractivity contribution is 5.78. The van der Waals surface area contributed by atoms with Gasteiger partial charge in [-0.25, -0.2) is 4.79 Å². The van der Waals surface area contributed by atoms with E-state index in [0.29, 0.717) is 26.1 Å². The van der Waals surface area contributed by atoms with E-state index in [2.05, 4.69) is 22.0 Å². The molecule has 6 rings (SSSR count). The van der Waals surface area contributed by atoms with Gasteiger partial charge in [0, 0.05) is 31.0 Å². The number of carbonyl (C=O) groups excluding carboxylic acids is 2. The van der Waals surface area contributed by atoms with Crippen molar-refractivity contribution in [3.05, 3.63) is 29.8 Å². The van der Waals surface area contributed by atoms with Crippen molar-refractivity contribution in [2.75, 3.05) is 19.7 Å². The molecule has 0 saturated heterocycles. The zero-order valence-electron chi connectivity index (χ0n) is 17.6. The molecule has 3 amide bonds. The Morgan fingerprint density at radius 2 is 1.70 bits per heavy atom. The Balaban J connectivity index is 1.01. The largest absolute Gasteiger partial charge is 0.493 e. The van der Waals surface area contributed by atoms with E-state index in [1.165, 1.54) is 24.8 Å². The highest BCUT2D eigenvalue weighted by Crippen LogP contribution is 2.55. The van der Waals surface area contributed by atoms with Gasteiger partial charge in [0.15, 0.2) is 0 Å². The topological polar surface area (TPSA) is 79.5 Å². The van der Waals surface area contributed by atoms with Crippen molar-refractivity contribution in [1.29, 1.82) is 0 Å². The molecule has 1 atom stereocenters. The average molecular weight is 412 g/mol. The second-order valence-electron chi connectivity index (χ2n) is 10.1. The molecule has 162 valence electrons. The predicted octanol–water partition coefficient (Wildman–Crippen LogP) is 3.01. The number of urea groups is 1. The van der Waals surface area contributed by atoms with E-state index < -0.39 is 0 Å². The van der Waals surface area contributed by atoms with Crippen LogP contribution in [0.25, 0.3) is 0 Å². The number of ether oxygens (including phenoxy) is 1. The lowest BCUT2D eigenvalue weighted by molar-refractivity contribution is -0.121. The van der Waals surface area contributed by atoms with Crippen LogP contribution in [0.1, 0.15) is 50.5 Å². The first-order valence-electron chi connectivity index (χ1n) is 11.6. The zero-order chi connectivity index (χ0) is 20.6. The Bertz CT molecular complexity index is 773. The van der Waals surface area contributed by atoms with Gasteiger partial charge in [0.1, 0.15) is 5.75 Å². The number of nitrogens with one attached hydrogen (secondary N) is 3. The fourth-order valence-corrected chi connectivity index (χ4v) is 6.71. The van der Waals surface area contributed by atoms with Crippen LogP contribution in [-0.4, -0.2) is 37.2 Å². The van der Waals surface area contributed by atoms with Crippen LogP contribution in [0, 0.1) is 23.7 Å². The molecule has 30 heavy (non-hydrogen) atoms. The molecule has 4 aliphatic carbocycles. The molecule has 6 heteroatoms. The van der Waals surface area contributed by atoms with E-state index >= 15 is 0 Å². The Hall–Kier alpha value is -2.24. The van der Waals surface area contributed by atoms with Crippen LogP contribution >= 0.6 is 0 Å². The standard InChI is InChI=1S/C24H33N3O3/c28-22(26-14-19-10-20-3-1-2-4-21(20)30-15-19)5-6-25-23(29)27-24-11-16-7-17(12-24)9-18(8-16)13-24/h1-4,16-19H,5-15H2,(H,26,28)(H2,25,27,29). The van der Waals surface area contributed by atoms with Crippen LogP contribution in [0.4, 0.5) is 4.79 Å². The lowest BCUT2D eigenvalue weighted by atomic mass is 9.53. The van der Waals surface area contributed by atoms with E-state index in [-0.39, 0.29) is 23.4 Å². The number of fused-ring (bicyclic) bond motifs is 1. The first-order chi connectivity index (χ1) is 14.6. The molecule has 6 nitrogen and oxygen atoms in total. The molecular weight excluding hydrogens is 378 g/mol. The molecule has 1 heterocycles. The van der Waals surface area contributed by atoms with Gasteiger partial charge in [-0.3, -0.25) is 4.79 Å². The number of benzene rings is 1. The minimum Gasteiger partial charge on any atom is -0.493 e. The summed E-state index contributed by atoms with van der Waals surface area (Å²) in [4.78, 5) is 24.7. The van der Waals surface area contributed by atoms with Gasteiger partial charge in [0.2, 0.25) is 5.91 Å². The summed E-state index contributed by atoms with van der Waals surface area (Å²) in [5.74, 6) is 3.63. The lowest BCUT2D eigenvalue weighted by Crippen LogP contribution is -2.61. The van der Waals surface area contributed by atoms with Gasteiger partial charge < -0.3 is 20.7 Å². The molecule has 1 aromatic carbocycles. The molecule has 0 spiro atoms. The minimum atomic E-state index is -0.109. The summed E-state index contributed by atoms with van der Waals surface area (Å²) >= 11 is 0. The van der Waals surface area contributed by atoms with Crippen LogP contribution in [0.3, 0.4) is 0 Å². The monoisotopic (exact) mass is 411 g/mol. The second-order valence-corrected chi connectivity index (χ2v) is 10.1. The maximum absolute atomic E-state index is 12.5. The Labute approximate surface area is 178 Å². The van der Waals surface area contributed by atoms with Crippen molar-refractivity contribution in [1.82, 2.24) is 16.0 Å². The summed E-state index contributed by atoms with van der Waals surface area (Å²) in [6.45, 7) is 1.60. The summed E-state index contributed by atoms with van der Waals surface area (Å²) in [7, 11) is 0. The smallest absolute Gasteiger partial charge is 0.315 e. The number of rotatable bonds is 6. The second kappa shape index (κ2) is 8.12. The number of hydrogen-bond acceptors (Lipinski definition) is 3. The van der Waals surface area contributed by atoms with Crippen molar-refractivity contribution in [2.45, 2.75) is 56.9 Å². The van der Waals surface area contributed by atoms with Gasteiger partial charge in [-0.05, 0) is 74.3 Å². The number of para-hydroxylation sites is 1. The van der Waals surface area contributed by atoms with Gasteiger partial charge in [-0.1, -0.05) is 18.2 Å². The van der Waals surface area contributed by atoms with Crippen molar-refractivity contribution < 1.29 is 14.3 Å². The predicted molar refractivity (Wildman–Crippen MR) is 114 cm³/mol. The molecule has 1 aliphatic heterocycles. The van der Waals surface area contributed by atoms with Gasteiger partial charge in [0.05, 0.1) is 6.61 Å². The average Bonchev–Trinajstić information content (AvgIpc) is 2.70. The highest BCUT2D eigenvalue weighted by atomic mass is 16.5. The van der Waals surface area contributed by atoms with Crippen LogP contribution in [0.2, 0.25) is 0 Å². The van der Waals surface area contributed by atoms with Crippen LogP contribution < -0.4 is 20.7 Å². The Morgan fingerprint density at radius 3 is 2.43 bits per heavy atom. The van der Waals surface area contributed by atoms with Crippen LogP contribution in [0.5, 0.6) is 5.75 Å². The van der Waals surface area contributed by atoms with Crippen LogP contribution in [-0.2, 0) is 11.2 Å². The van der Waals surface area contributed by atoms with E-state index in [9.17, 15) is 9.59 Å². The first-order valence-corrected chi connectivity index (χ1v) is 11.6. The molecule has 3 N–H and O–H groups in total. The minimum absolute atomic E-state index is 0.0123. The van der Waals surface area contributed by atoms with E-state index in [4.69, 9.17) is 4.74 Å². The Kier molecular flexibility index (Phi) is 5.34. The molecule has 4 fully saturated rings. The molecule has 1 aromatic rings. The van der Waals surface area contributed by atoms with Gasteiger partial charge >= 0.3 is 6.03 Å². The van der Waals surface area contributed by atoms with E-state index in [0.717, 1.165) is 49.2 Å². The van der Waals surface area contributed by atoms with E-state index in [1.807, 2.05) is 18.2 Å². The summed E-state index contributed by atoms with van der Waals surface area (Å²) in [5, 5.41) is 9.19. The molecule has 5 aliphatic rings. The molecular formula is C24H33N3O3. The van der Waals surface area contributed by atoms with Crippen molar-refractivity contribution in [2.24, 2.45) is 23.7 Å². The zero-order valence-corrected chi connectivity index (χ0v) is 17.6. The molecule has 4 bridgehead atoms. The molecule has 0 radical (unpaired) electrons. The van der Waals surface area contributed by atoms with Crippen LogP contribution in [0.15, 0.2) is 24.3 Å². The first kappa shape index (κ1) is 19.7. The maximum Gasteiger partial charge on any atom is 0.315 e. The molecule has 4 saturated carbocycles. The Morgan fingerprint density at radius 1 is 1.00 bits per heavy atom. The SMILES string of the molecule is O=C(CCNC(=O)NC12CC3CC(CC(C3)C1)C2)NCC1COc2ccccc2C1. The third-order valence-corrected chi connectivity index (χ3v) is 7.60. The highest BCUT2D eigenvalue weighted by Gasteiger charge is 2.51. The third-order valence-electron chi connectivity index (χ3n) is 7.60. The van der Waals surface area contributed by atoms with Crippen molar-refractivity contribution >= 4 is 11.9 Å². The van der Waals surface area contributed by atoms with E-state index in [1.54, 1.807) is 0 Å². The van der Waals surface area contributed by atoms with Crippen molar-refractivity contribution in [3.63, 3.8) is 0 Å². The summed E-state index contributed by atoms with van der Waals surface area (Å²) in [6.07, 6.45) is 8.72. The third kappa shape index (κ3) is 4.28. The quantitative estimate of drug-likeness (QED) is 0.673. The number of amides is 3. The molecule has 0 aromatic heterocycles. The number of carbonyl (C=O) groups is 2. The number of hydrogen-bond donors (Lipinski definition) is 3. The lowest BCUT2D eigenvalue weighted by Gasteiger charge is -2.56. The fraction of sp³-hybridized carbons (Fsp3) is 0.667. The summed E-state index contributed by atoms with van der Waals surface area (Å²) < 4.78 is 5.78. The maximum atomic E-state index is 12.5. The fourth-order valence-electron chi connectivity index (χ4n) is 6.71. The van der Waals surface area contributed by atoms with Gasteiger partial charge in [-0.2, -0.15) is 0 Å². The van der Waals surface area contributed by atoms with Gasteiger partial charge in [0.25, 0.3) is 0 Å².